The van der Waals surface area contributed by atoms with Crippen LogP contribution in [0.3, 0.4) is 0 Å². The van der Waals surface area contributed by atoms with Crippen LogP contribution in [0.25, 0.3) is 0 Å². The van der Waals surface area contributed by atoms with Crippen molar-refractivity contribution in [3.8, 4) is 0 Å². The second kappa shape index (κ2) is 7.33. The summed E-state index contributed by atoms with van der Waals surface area (Å²) in [6.07, 6.45) is 1.92. The van der Waals surface area contributed by atoms with E-state index in [0.29, 0.717) is 12.1 Å². The number of hydrogen-bond donors (Lipinski definition) is 2. The first-order chi connectivity index (χ1) is 8.08. The van der Waals surface area contributed by atoms with Gasteiger partial charge in [-0.25, -0.2) is 0 Å². The molecule has 0 aliphatic heterocycles. The van der Waals surface area contributed by atoms with E-state index in [-0.39, 0.29) is 11.9 Å². The van der Waals surface area contributed by atoms with Crippen LogP contribution in [0.15, 0.2) is 22.7 Å². The topological polar surface area (TPSA) is 55.1 Å². The molecule has 1 rings (SSSR count). The zero-order chi connectivity index (χ0) is 12.8. The summed E-state index contributed by atoms with van der Waals surface area (Å²) < 4.78 is 1.85. The maximum Gasteiger partial charge on any atom is 0.252 e. The lowest BCUT2D eigenvalue weighted by Gasteiger charge is -2.16. The quantitative estimate of drug-likeness (QED) is 0.733. The number of amides is 1. The number of nitrogens with two attached hydrogens (primary N) is 1. The molecule has 1 amide bonds. The minimum atomic E-state index is -0.0701. The molecule has 0 aliphatic carbocycles. The molecule has 0 saturated carbocycles. The van der Waals surface area contributed by atoms with E-state index < -0.39 is 0 Å². The van der Waals surface area contributed by atoms with Crippen LogP contribution in [-0.4, -0.2) is 18.5 Å². The van der Waals surface area contributed by atoms with E-state index in [1.54, 1.807) is 0 Å². The first kappa shape index (κ1) is 14.9. The molecular weight excluding hydrogens is 395 g/mol. The molecule has 1 aromatic carbocycles. The van der Waals surface area contributed by atoms with Crippen LogP contribution in [0.5, 0.6) is 0 Å². The molecule has 17 heavy (non-hydrogen) atoms. The average Bonchev–Trinajstić information content (AvgIpc) is 2.31. The summed E-state index contributed by atoms with van der Waals surface area (Å²) in [5, 5.41) is 2.95. The molecule has 0 saturated heterocycles. The number of carbonyl (C=O) groups is 1. The predicted molar refractivity (Wildman–Crippen MR) is 82.1 cm³/mol. The molecule has 3 N–H and O–H groups in total. The average molecular weight is 411 g/mol. The first-order valence-electron chi connectivity index (χ1n) is 5.54. The van der Waals surface area contributed by atoms with Crippen molar-refractivity contribution in [3.63, 3.8) is 0 Å². The molecule has 1 atom stereocenters. The number of hydrogen-bond acceptors (Lipinski definition) is 2. The minimum absolute atomic E-state index is 0.0530. The summed E-state index contributed by atoms with van der Waals surface area (Å²) in [7, 11) is 0. The van der Waals surface area contributed by atoms with Crippen molar-refractivity contribution in [1.29, 1.82) is 0 Å². The highest BCUT2D eigenvalue weighted by Crippen LogP contribution is 2.19. The lowest BCUT2D eigenvalue weighted by atomic mass is 10.1. The molecule has 0 aromatic heterocycles. The Morgan fingerprint density at radius 1 is 1.59 bits per heavy atom. The number of nitrogens with one attached hydrogen (secondary N) is 1. The monoisotopic (exact) mass is 410 g/mol. The number of carbonyl (C=O) groups excluding carboxylic acids is 1. The van der Waals surface area contributed by atoms with Crippen molar-refractivity contribution in [1.82, 2.24) is 5.32 Å². The molecule has 0 fully saturated rings. The van der Waals surface area contributed by atoms with Gasteiger partial charge in [0.15, 0.2) is 0 Å². The third kappa shape index (κ3) is 4.56. The van der Waals surface area contributed by atoms with E-state index in [1.807, 2.05) is 18.2 Å². The zero-order valence-electron chi connectivity index (χ0n) is 9.67. The van der Waals surface area contributed by atoms with Crippen LogP contribution in [-0.2, 0) is 0 Å². The van der Waals surface area contributed by atoms with E-state index in [0.717, 1.165) is 20.9 Å². The molecule has 0 aliphatic rings. The minimum Gasteiger partial charge on any atom is -0.348 e. The summed E-state index contributed by atoms with van der Waals surface area (Å²) in [4.78, 5) is 12.1. The molecule has 0 bridgehead atoms. The van der Waals surface area contributed by atoms with Crippen molar-refractivity contribution in [2.45, 2.75) is 25.8 Å². The Hall–Kier alpha value is -0.140. The van der Waals surface area contributed by atoms with E-state index in [9.17, 15) is 4.79 Å². The number of benzene rings is 1. The lowest BCUT2D eigenvalue weighted by molar-refractivity contribution is 0.0935. The Labute approximate surface area is 124 Å². The first-order valence-corrected chi connectivity index (χ1v) is 7.41. The van der Waals surface area contributed by atoms with Gasteiger partial charge < -0.3 is 11.1 Å². The summed E-state index contributed by atoms with van der Waals surface area (Å²) in [5.74, 6) is -0.0701. The van der Waals surface area contributed by atoms with Crippen molar-refractivity contribution in [2.75, 3.05) is 6.54 Å². The Morgan fingerprint density at radius 3 is 2.88 bits per heavy atom. The molecule has 3 nitrogen and oxygen atoms in total. The van der Waals surface area contributed by atoms with Gasteiger partial charge in [0.2, 0.25) is 0 Å². The van der Waals surface area contributed by atoms with Gasteiger partial charge >= 0.3 is 0 Å². The van der Waals surface area contributed by atoms with Crippen LogP contribution in [0.1, 0.15) is 30.1 Å². The Bertz CT molecular complexity index is 398. The lowest BCUT2D eigenvalue weighted by Crippen LogP contribution is -2.40. The highest BCUT2D eigenvalue weighted by molar-refractivity contribution is 14.1. The molecule has 1 unspecified atom stereocenters. The largest absolute Gasteiger partial charge is 0.348 e. The summed E-state index contributed by atoms with van der Waals surface area (Å²) in [6.45, 7) is 2.55. The fourth-order valence-electron chi connectivity index (χ4n) is 1.53. The third-order valence-corrected chi connectivity index (χ3v) is 3.79. The fraction of sp³-hybridized carbons (Fsp3) is 0.417. The van der Waals surface area contributed by atoms with E-state index in [1.165, 1.54) is 0 Å². The Kier molecular flexibility index (Phi) is 6.43. The van der Waals surface area contributed by atoms with Gasteiger partial charge in [-0.05, 0) is 63.1 Å². The van der Waals surface area contributed by atoms with Crippen LogP contribution < -0.4 is 11.1 Å². The van der Waals surface area contributed by atoms with Gasteiger partial charge in [0.25, 0.3) is 5.91 Å². The Balaban J connectivity index is 2.78. The summed E-state index contributed by atoms with van der Waals surface area (Å²) in [6, 6.07) is 5.75. The van der Waals surface area contributed by atoms with E-state index in [2.05, 4.69) is 50.8 Å². The van der Waals surface area contributed by atoms with Gasteiger partial charge in [-0.2, -0.15) is 0 Å². The van der Waals surface area contributed by atoms with Gasteiger partial charge in [0, 0.05) is 20.6 Å². The van der Waals surface area contributed by atoms with Gasteiger partial charge in [-0.15, -0.1) is 0 Å². The second-order valence-corrected chi connectivity index (χ2v) is 5.92. The zero-order valence-corrected chi connectivity index (χ0v) is 13.4. The smallest absolute Gasteiger partial charge is 0.252 e. The van der Waals surface area contributed by atoms with Crippen molar-refractivity contribution >= 4 is 44.4 Å². The van der Waals surface area contributed by atoms with Crippen molar-refractivity contribution < 1.29 is 4.79 Å². The van der Waals surface area contributed by atoms with Crippen LogP contribution in [0, 0.1) is 3.57 Å². The SMILES string of the molecule is CCCC(CN)NC(=O)c1cc(I)ccc1Br. The Morgan fingerprint density at radius 2 is 2.29 bits per heavy atom. The van der Waals surface area contributed by atoms with Gasteiger partial charge in [0.1, 0.15) is 0 Å². The maximum atomic E-state index is 12.1. The van der Waals surface area contributed by atoms with Gasteiger partial charge in [-0.3, -0.25) is 4.79 Å². The fourth-order valence-corrected chi connectivity index (χ4v) is 2.45. The van der Waals surface area contributed by atoms with Crippen LogP contribution in [0.2, 0.25) is 0 Å². The number of rotatable bonds is 5. The molecule has 1 aromatic rings. The highest BCUT2D eigenvalue weighted by Gasteiger charge is 2.14. The maximum absolute atomic E-state index is 12.1. The van der Waals surface area contributed by atoms with Gasteiger partial charge in [0.05, 0.1) is 5.56 Å². The normalized spacial score (nSPS) is 12.2. The molecule has 0 radical (unpaired) electrons. The third-order valence-electron chi connectivity index (χ3n) is 2.43. The predicted octanol–water partition coefficient (Wildman–Crippen LogP) is 2.91. The standard InChI is InChI=1S/C12H16BrIN2O/c1-2-3-9(7-15)16-12(17)10-6-8(14)4-5-11(10)13/h4-6,9H,2-3,7,15H2,1H3,(H,16,17). The van der Waals surface area contributed by atoms with E-state index in [4.69, 9.17) is 5.73 Å². The molecule has 94 valence electrons. The number of halogens is 2. The van der Waals surface area contributed by atoms with Gasteiger partial charge in [-0.1, -0.05) is 13.3 Å². The van der Waals surface area contributed by atoms with Crippen LogP contribution in [0.4, 0.5) is 0 Å². The summed E-state index contributed by atoms with van der Waals surface area (Å²) >= 11 is 5.58. The molecule has 0 spiro atoms. The van der Waals surface area contributed by atoms with E-state index >= 15 is 0 Å². The second-order valence-electron chi connectivity index (χ2n) is 3.82. The highest BCUT2D eigenvalue weighted by atomic mass is 127. The molecule has 5 heteroatoms. The molecule has 0 heterocycles. The van der Waals surface area contributed by atoms with Crippen LogP contribution >= 0.6 is 38.5 Å². The molecular formula is C12H16BrIN2O. The van der Waals surface area contributed by atoms with Crippen molar-refractivity contribution in [3.05, 3.63) is 31.8 Å². The van der Waals surface area contributed by atoms with Crippen molar-refractivity contribution in [2.24, 2.45) is 5.73 Å². The summed E-state index contributed by atoms with van der Waals surface area (Å²) in [5.41, 5.74) is 6.28.